The molecule has 0 aromatic carbocycles. The number of hydrogen-bond donors (Lipinski definition) is 1. The molecule has 160 valence electrons. The Labute approximate surface area is 155 Å². The SMILES string of the molecule is C=CC1OC2OC3(CCC(C(=O)OC(C(F)(F)F)C(F)(F)F)CC3)OC2C1O. The first-order valence-corrected chi connectivity index (χ1v) is 8.52. The van der Waals surface area contributed by atoms with Crippen molar-refractivity contribution >= 4 is 5.97 Å². The van der Waals surface area contributed by atoms with E-state index in [4.69, 9.17) is 14.2 Å². The van der Waals surface area contributed by atoms with E-state index in [-0.39, 0.29) is 25.7 Å². The van der Waals surface area contributed by atoms with Crippen LogP contribution in [0, 0.1) is 5.92 Å². The van der Waals surface area contributed by atoms with Gasteiger partial charge in [-0.05, 0) is 12.8 Å². The van der Waals surface area contributed by atoms with Gasteiger partial charge in [0.15, 0.2) is 12.1 Å². The van der Waals surface area contributed by atoms with Crippen LogP contribution in [0.4, 0.5) is 26.3 Å². The number of carbonyl (C=O) groups excluding carboxylic acids is 1. The van der Waals surface area contributed by atoms with Gasteiger partial charge in [-0.25, -0.2) is 0 Å². The Morgan fingerprint density at radius 1 is 1.14 bits per heavy atom. The predicted octanol–water partition coefficient (Wildman–Crippen LogP) is 2.60. The fraction of sp³-hybridized carbons (Fsp3) is 0.812. The summed E-state index contributed by atoms with van der Waals surface area (Å²) >= 11 is 0. The van der Waals surface area contributed by atoms with Gasteiger partial charge in [0.25, 0.3) is 6.10 Å². The molecule has 28 heavy (non-hydrogen) atoms. The van der Waals surface area contributed by atoms with Crippen LogP contribution in [-0.2, 0) is 23.7 Å². The molecule has 2 heterocycles. The number of hydrogen-bond acceptors (Lipinski definition) is 6. The first kappa shape index (κ1) is 21.3. The van der Waals surface area contributed by atoms with Crippen molar-refractivity contribution in [1.82, 2.24) is 0 Å². The normalized spacial score (nSPS) is 38.6. The predicted molar refractivity (Wildman–Crippen MR) is 77.5 cm³/mol. The Hall–Kier alpha value is -1.37. The third kappa shape index (κ3) is 4.00. The molecule has 1 saturated carbocycles. The number of esters is 1. The standard InChI is InChI=1S/C16H18F6O6/c1-2-8-9(23)10-12(25-8)28-14(27-10)5-3-7(4-6-14)11(24)26-13(15(17,18)19)16(20,21)22/h2,7-10,12-13,23H,1,3-6H2. The van der Waals surface area contributed by atoms with E-state index >= 15 is 0 Å². The first-order chi connectivity index (χ1) is 12.9. The van der Waals surface area contributed by atoms with Crippen molar-refractivity contribution in [1.29, 1.82) is 0 Å². The zero-order chi connectivity index (χ0) is 20.9. The molecule has 0 radical (unpaired) electrons. The second-order valence-electron chi connectivity index (χ2n) is 6.98. The van der Waals surface area contributed by atoms with E-state index in [0.717, 1.165) is 0 Å². The average Bonchev–Trinajstić information content (AvgIpc) is 3.06. The fourth-order valence-electron chi connectivity index (χ4n) is 3.62. The summed E-state index contributed by atoms with van der Waals surface area (Å²) in [4.78, 5) is 11.9. The molecule has 4 unspecified atom stereocenters. The van der Waals surface area contributed by atoms with Gasteiger partial charge in [0, 0.05) is 12.8 Å². The van der Waals surface area contributed by atoms with Gasteiger partial charge in [0.05, 0.1) is 5.92 Å². The van der Waals surface area contributed by atoms with E-state index in [1.807, 2.05) is 0 Å². The molecule has 3 rings (SSSR count). The Morgan fingerprint density at radius 3 is 2.18 bits per heavy atom. The molecular weight excluding hydrogens is 402 g/mol. The van der Waals surface area contributed by atoms with E-state index in [1.54, 1.807) is 0 Å². The number of ether oxygens (including phenoxy) is 4. The van der Waals surface area contributed by atoms with E-state index in [9.17, 15) is 36.2 Å². The number of carbonyl (C=O) groups is 1. The zero-order valence-corrected chi connectivity index (χ0v) is 14.3. The van der Waals surface area contributed by atoms with Crippen LogP contribution in [0.25, 0.3) is 0 Å². The molecule has 0 aromatic rings. The summed E-state index contributed by atoms with van der Waals surface area (Å²) in [5.74, 6) is -3.94. The minimum atomic E-state index is -5.76. The van der Waals surface area contributed by atoms with Crippen molar-refractivity contribution in [3.05, 3.63) is 12.7 Å². The van der Waals surface area contributed by atoms with Crippen molar-refractivity contribution in [2.24, 2.45) is 5.92 Å². The molecule has 2 aliphatic heterocycles. The minimum absolute atomic E-state index is 0.0251. The molecular formula is C16H18F6O6. The highest BCUT2D eigenvalue weighted by molar-refractivity contribution is 5.72. The van der Waals surface area contributed by atoms with Gasteiger partial charge in [-0.3, -0.25) is 4.79 Å². The number of alkyl halides is 6. The zero-order valence-electron chi connectivity index (χ0n) is 14.3. The third-order valence-electron chi connectivity index (χ3n) is 5.06. The quantitative estimate of drug-likeness (QED) is 0.430. The summed E-state index contributed by atoms with van der Waals surface area (Å²) in [5.41, 5.74) is 0. The van der Waals surface area contributed by atoms with Gasteiger partial charge in [-0.1, -0.05) is 6.08 Å². The number of rotatable bonds is 3. The smallest absolute Gasteiger partial charge is 0.434 e. The highest BCUT2D eigenvalue weighted by Crippen LogP contribution is 2.47. The van der Waals surface area contributed by atoms with Crippen LogP contribution in [0.15, 0.2) is 12.7 Å². The van der Waals surface area contributed by atoms with Gasteiger partial charge in [-0.15, -0.1) is 6.58 Å². The van der Waals surface area contributed by atoms with E-state index in [1.165, 1.54) is 6.08 Å². The van der Waals surface area contributed by atoms with Crippen LogP contribution in [0.2, 0.25) is 0 Å². The summed E-state index contributed by atoms with van der Waals surface area (Å²) in [6.07, 6.45) is -17.8. The van der Waals surface area contributed by atoms with Crippen LogP contribution < -0.4 is 0 Å². The molecule has 12 heteroatoms. The fourth-order valence-corrected chi connectivity index (χ4v) is 3.62. The molecule has 2 saturated heterocycles. The van der Waals surface area contributed by atoms with Gasteiger partial charge in [-0.2, -0.15) is 26.3 Å². The van der Waals surface area contributed by atoms with Crippen LogP contribution in [0.5, 0.6) is 0 Å². The Kier molecular flexibility index (Phi) is 5.45. The molecule has 3 aliphatic rings. The molecule has 1 spiro atoms. The van der Waals surface area contributed by atoms with Crippen LogP contribution in [0.3, 0.4) is 0 Å². The average molecular weight is 420 g/mol. The highest BCUT2D eigenvalue weighted by Gasteiger charge is 2.61. The van der Waals surface area contributed by atoms with Gasteiger partial charge in [0.1, 0.15) is 18.3 Å². The van der Waals surface area contributed by atoms with Crippen molar-refractivity contribution < 1.29 is 55.2 Å². The Morgan fingerprint density at radius 2 is 1.71 bits per heavy atom. The number of aliphatic hydroxyl groups is 1. The van der Waals surface area contributed by atoms with Crippen LogP contribution in [-0.4, -0.2) is 59.9 Å². The lowest BCUT2D eigenvalue weighted by Gasteiger charge is -2.36. The molecule has 6 nitrogen and oxygen atoms in total. The molecule has 0 aromatic heterocycles. The van der Waals surface area contributed by atoms with E-state index in [2.05, 4.69) is 11.3 Å². The molecule has 1 aliphatic carbocycles. The Balaban J connectivity index is 1.57. The second-order valence-corrected chi connectivity index (χ2v) is 6.98. The largest absolute Gasteiger partial charge is 0.443 e. The van der Waals surface area contributed by atoms with Crippen LogP contribution >= 0.6 is 0 Å². The molecule has 1 N–H and O–H groups in total. The molecule has 4 atom stereocenters. The molecule has 0 amide bonds. The summed E-state index contributed by atoms with van der Waals surface area (Å²) in [6, 6.07) is 0. The maximum absolute atomic E-state index is 12.5. The van der Waals surface area contributed by atoms with Crippen molar-refractivity contribution in [2.75, 3.05) is 0 Å². The first-order valence-electron chi connectivity index (χ1n) is 8.52. The maximum Gasteiger partial charge on any atom is 0.434 e. The highest BCUT2D eigenvalue weighted by atomic mass is 19.4. The monoisotopic (exact) mass is 420 g/mol. The minimum Gasteiger partial charge on any atom is -0.443 e. The van der Waals surface area contributed by atoms with Crippen molar-refractivity contribution in [2.45, 2.75) is 74.5 Å². The van der Waals surface area contributed by atoms with Gasteiger partial charge in [0.2, 0.25) is 0 Å². The summed E-state index contributed by atoms with van der Waals surface area (Å²) in [7, 11) is 0. The summed E-state index contributed by atoms with van der Waals surface area (Å²) in [5, 5.41) is 10.1. The molecule has 3 fully saturated rings. The molecule has 0 bridgehead atoms. The second kappa shape index (κ2) is 7.15. The lowest BCUT2D eigenvalue weighted by atomic mass is 9.85. The lowest BCUT2D eigenvalue weighted by Crippen LogP contribution is -2.47. The third-order valence-corrected chi connectivity index (χ3v) is 5.06. The lowest BCUT2D eigenvalue weighted by molar-refractivity contribution is -0.315. The number of fused-ring (bicyclic) bond motifs is 1. The van der Waals surface area contributed by atoms with Crippen molar-refractivity contribution in [3.8, 4) is 0 Å². The van der Waals surface area contributed by atoms with Gasteiger partial charge < -0.3 is 24.1 Å². The van der Waals surface area contributed by atoms with Crippen LogP contribution in [0.1, 0.15) is 25.7 Å². The summed E-state index contributed by atoms with van der Waals surface area (Å²) in [6.45, 7) is 3.50. The van der Waals surface area contributed by atoms with E-state index in [0.29, 0.717) is 0 Å². The van der Waals surface area contributed by atoms with Crippen molar-refractivity contribution in [3.63, 3.8) is 0 Å². The topological polar surface area (TPSA) is 74.2 Å². The van der Waals surface area contributed by atoms with E-state index < -0.39 is 60.7 Å². The Bertz CT molecular complexity index is 598. The van der Waals surface area contributed by atoms with Gasteiger partial charge >= 0.3 is 18.3 Å². The number of halogens is 6. The maximum atomic E-state index is 12.5. The summed E-state index contributed by atoms with van der Waals surface area (Å²) < 4.78 is 95.7. The number of aliphatic hydroxyl groups excluding tert-OH is 1.